The van der Waals surface area contributed by atoms with Crippen LogP contribution in [0.15, 0.2) is 0 Å². The Balaban J connectivity index is 2.44. The van der Waals surface area contributed by atoms with Crippen LogP contribution in [-0.2, 0) is 4.74 Å². The maximum Gasteiger partial charge on any atom is 0.410 e. The van der Waals surface area contributed by atoms with E-state index in [1.807, 2.05) is 25.7 Å². The van der Waals surface area contributed by atoms with Crippen molar-refractivity contribution in [2.45, 2.75) is 53.1 Å². The van der Waals surface area contributed by atoms with Crippen LogP contribution in [0.25, 0.3) is 0 Å². The number of rotatable bonds is 3. The number of hydrogen-bond donors (Lipinski definition) is 1. The summed E-state index contributed by atoms with van der Waals surface area (Å²) in [5.74, 6) is 0.552. The molecule has 0 aromatic heterocycles. The van der Waals surface area contributed by atoms with E-state index in [1.54, 1.807) is 0 Å². The molecule has 4 heteroatoms. The predicted molar refractivity (Wildman–Crippen MR) is 73.4 cm³/mol. The van der Waals surface area contributed by atoms with Gasteiger partial charge in [-0.3, -0.25) is 0 Å². The van der Waals surface area contributed by atoms with E-state index in [9.17, 15) is 4.79 Å². The number of carbonyl (C=O) groups is 1. The van der Waals surface area contributed by atoms with Crippen LogP contribution in [0.2, 0.25) is 0 Å². The summed E-state index contributed by atoms with van der Waals surface area (Å²) in [6.07, 6.45) is 1.95. The van der Waals surface area contributed by atoms with E-state index in [2.05, 4.69) is 13.8 Å². The highest BCUT2D eigenvalue weighted by molar-refractivity contribution is 5.68. The number of carbonyl (C=O) groups excluding carboxylic acids is 1. The molecule has 2 N–H and O–H groups in total. The Labute approximate surface area is 111 Å². The SMILES string of the molecule is CC(C)(CN)CC1CCN(C(=O)OC(C)(C)C)C1. The second-order valence-corrected chi connectivity index (χ2v) is 7.15. The molecule has 1 heterocycles. The van der Waals surface area contributed by atoms with Gasteiger partial charge in [0.15, 0.2) is 0 Å². The highest BCUT2D eigenvalue weighted by atomic mass is 16.6. The van der Waals surface area contributed by atoms with Crippen molar-refractivity contribution in [3.8, 4) is 0 Å². The van der Waals surface area contributed by atoms with Gasteiger partial charge in [0.25, 0.3) is 0 Å². The lowest BCUT2D eigenvalue weighted by Gasteiger charge is -2.27. The molecule has 0 spiro atoms. The molecule has 4 nitrogen and oxygen atoms in total. The molecule has 1 atom stereocenters. The first-order chi connectivity index (χ1) is 8.13. The predicted octanol–water partition coefficient (Wildman–Crippen LogP) is 2.62. The molecule has 1 aliphatic heterocycles. The van der Waals surface area contributed by atoms with E-state index in [0.29, 0.717) is 12.5 Å². The maximum atomic E-state index is 11.9. The molecule has 0 aliphatic carbocycles. The minimum Gasteiger partial charge on any atom is -0.444 e. The highest BCUT2D eigenvalue weighted by Crippen LogP contribution is 2.30. The van der Waals surface area contributed by atoms with E-state index in [-0.39, 0.29) is 11.5 Å². The van der Waals surface area contributed by atoms with E-state index in [0.717, 1.165) is 25.9 Å². The summed E-state index contributed by atoms with van der Waals surface area (Å²) in [7, 11) is 0. The molecule has 1 rings (SSSR count). The topological polar surface area (TPSA) is 55.6 Å². The molecule has 0 bridgehead atoms. The van der Waals surface area contributed by atoms with Crippen molar-refractivity contribution in [1.82, 2.24) is 4.90 Å². The van der Waals surface area contributed by atoms with Gasteiger partial charge in [-0.25, -0.2) is 4.79 Å². The van der Waals surface area contributed by atoms with E-state index < -0.39 is 5.60 Å². The second kappa shape index (κ2) is 5.47. The van der Waals surface area contributed by atoms with Crippen LogP contribution in [0.5, 0.6) is 0 Å². The third-order valence-electron chi connectivity index (χ3n) is 3.33. The molecule has 106 valence electrons. The summed E-state index contributed by atoms with van der Waals surface area (Å²) in [4.78, 5) is 13.7. The maximum absolute atomic E-state index is 11.9. The van der Waals surface area contributed by atoms with Crippen LogP contribution in [-0.4, -0.2) is 36.2 Å². The van der Waals surface area contributed by atoms with Gasteiger partial charge in [0.2, 0.25) is 0 Å². The van der Waals surface area contributed by atoms with Crippen LogP contribution < -0.4 is 5.73 Å². The fourth-order valence-corrected chi connectivity index (χ4v) is 2.36. The molecule has 1 saturated heterocycles. The van der Waals surface area contributed by atoms with Crippen LogP contribution in [0.1, 0.15) is 47.5 Å². The first-order valence-corrected chi connectivity index (χ1v) is 6.81. The fourth-order valence-electron chi connectivity index (χ4n) is 2.36. The number of ether oxygens (including phenoxy) is 1. The Morgan fingerprint density at radius 1 is 1.33 bits per heavy atom. The number of amides is 1. The molecule has 1 fully saturated rings. The highest BCUT2D eigenvalue weighted by Gasteiger charge is 2.32. The smallest absolute Gasteiger partial charge is 0.410 e. The zero-order valence-corrected chi connectivity index (χ0v) is 12.5. The first-order valence-electron chi connectivity index (χ1n) is 6.81. The van der Waals surface area contributed by atoms with Crippen LogP contribution in [0.3, 0.4) is 0 Å². The van der Waals surface area contributed by atoms with Gasteiger partial charge in [-0.05, 0) is 51.5 Å². The van der Waals surface area contributed by atoms with E-state index in [1.165, 1.54) is 0 Å². The zero-order chi connectivity index (χ0) is 14.0. The minimum atomic E-state index is -0.411. The summed E-state index contributed by atoms with van der Waals surface area (Å²) in [6, 6.07) is 0. The van der Waals surface area contributed by atoms with Crippen molar-refractivity contribution in [1.29, 1.82) is 0 Å². The van der Waals surface area contributed by atoms with Gasteiger partial charge in [-0.1, -0.05) is 13.8 Å². The van der Waals surface area contributed by atoms with Crippen LogP contribution >= 0.6 is 0 Å². The van der Waals surface area contributed by atoms with Crippen LogP contribution in [0, 0.1) is 11.3 Å². The molecule has 18 heavy (non-hydrogen) atoms. The number of likely N-dealkylation sites (tertiary alicyclic amines) is 1. The molecule has 0 saturated carbocycles. The van der Waals surface area contributed by atoms with Crippen LogP contribution in [0.4, 0.5) is 4.79 Å². The third kappa shape index (κ3) is 4.84. The number of nitrogens with zero attached hydrogens (tertiary/aromatic N) is 1. The van der Waals surface area contributed by atoms with Gasteiger partial charge in [-0.15, -0.1) is 0 Å². The van der Waals surface area contributed by atoms with E-state index >= 15 is 0 Å². The molecular weight excluding hydrogens is 228 g/mol. The van der Waals surface area contributed by atoms with Gasteiger partial charge in [0.1, 0.15) is 5.60 Å². The Morgan fingerprint density at radius 2 is 1.94 bits per heavy atom. The largest absolute Gasteiger partial charge is 0.444 e. The molecule has 1 aliphatic rings. The quantitative estimate of drug-likeness (QED) is 0.844. The molecule has 0 aromatic rings. The lowest BCUT2D eigenvalue weighted by molar-refractivity contribution is 0.0284. The molecule has 0 aromatic carbocycles. The van der Waals surface area contributed by atoms with Gasteiger partial charge in [0, 0.05) is 13.1 Å². The van der Waals surface area contributed by atoms with Crippen molar-refractivity contribution in [3.63, 3.8) is 0 Å². The Hall–Kier alpha value is -0.770. The lowest BCUT2D eigenvalue weighted by atomic mass is 9.82. The summed E-state index contributed by atoms with van der Waals surface area (Å²) in [6.45, 7) is 12.4. The molecule has 1 unspecified atom stereocenters. The molecule has 1 amide bonds. The van der Waals surface area contributed by atoms with Crippen molar-refractivity contribution < 1.29 is 9.53 Å². The van der Waals surface area contributed by atoms with Crippen molar-refractivity contribution >= 4 is 6.09 Å². The Morgan fingerprint density at radius 3 is 2.44 bits per heavy atom. The molecular formula is C14H28N2O2. The van der Waals surface area contributed by atoms with Gasteiger partial charge < -0.3 is 15.4 Å². The average molecular weight is 256 g/mol. The zero-order valence-electron chi connectivity index (χ0n) is 12.5. The standard InChI is InChI=1S/C14H28N2O2/c1-13(2,3)18-12(17)16-7-6-11(9-16)8-14(4,5)10-15/h11H,6-10,15H2,1-5H3. The Bertz CT molecular complexity index is 295. The van der Waals surface area contributed by atoms with Gasteiger partial charge >= 0.3 is 6.09 Å². The number of nitrogens with two attached hydrogens (primary N) is 1. The van der Waals surface area contributed by atoms with Crippen molar-refractivity contribution in [2.75, 3.05) is 19.6 Å². The summed E-state index contributed by atoms with van der Waals surface area (Å²) >= 11 is 0. The summed E-state index contributed by atoms with van der Waals surface area (Å²) < 4.78 is 5.39. The van der Waals surface area contributed by atoms with E-state index in [4.69, 9.17) is 10.5 Å². The summed E-state index contributed by atoms with van der Waals surface area (Å²) in [5, 5.41) is 0. The van der Waals surface area contributed by atoms with Crippen molar-refractivity contribution in [3.05, 3.63) is 0 Å². The molecule has 0 radical (unpaired) electrons. The number of hydrogen-bond acceptors (Lipinski definition) is 3. The minimum absolute atomic E-state index is 0.161. The second-order valence-electron chi connectivity index (χ2n) is 7.15. The Kier molecular flexibility index (Phi) is 4.65. The van der Waals surface area contributed by atoms with Gasteiger partial charge in [-0.2, -0.15) is 0 Å². The third-order valence-corrected chi connectivity index (χ3v) is 3.33. The first kappa shape index (κ1) is 15.3. The lowest BCUT2D eigenvalue weighted by Crippen LogP contribution is -2.35. The van der Waals surface area contributed by atoms with Gasteiger partial charge in [0.05, 0.1) is 0 Å². The monoisotopic (exact) mass is 256 g/mol. The van der Waals surface area contributed by atoms with Crippen molar-refractivity contribution in [2.24, 2.45) is 17.1 Å². The normalized spacial score (nSPS) is 21.2. The fraction of sp³-hybridized carbons (Fsp3) is 0.929. The summed E-state index contributed by atoms with van der Waals surface area (Å²) in [5.41, 5.74) is 5.51. The average Bonchev–Trinajstić information content (AvgIpc) is 2.63.